The lowest BCUT2D eigenvalue weighted by molar-refractivity contribution is -0.348. The smallest absolute Gasteiger partial charge is 0.273 e. The van der Waals surface area contributed by atoms with Gasteiger partial charge in [-0.15, -0.1) is 0 Å². The zero-order valence-electron chi connectivity index (χ0n) is 18.1. The van der Waals surface area contributed by atoms with E-state index in [1.165, 1.54) is 11.9 Å². The van der Waals surface area contributed by atoms with E-state index < -0.39 is 29.0 Å². The van der Waals surface area contributed by atoms with Gasteiger partial charge in [0.15, 0.2) is 17.5 Å². The van der Waals surface area contributed by atoms with Crippen LogP contribution >= 0.6 is 11.9 Å². The number of piperidine rings is 2. The highest BCUT2D eigenvalue weighted by molar-refractivity contribution is 7.97. The maximum absolute atomic E-state index is 13.6. The van der Waals surface area contributed by atoms with E-state index in [1.54, 1.807) is 29.9 Å². The first-order chi connectivity index (χ1) is 16.2. The molecule has 3 aromatic rings. The highest BCUT2D eigenvalue weighted by atomic mass is 32.2. The third-order valence-electron chi connectivity index (χ3n) is 7.85. The minimum absolute atomic E-state index is 0.129. The van der Waals surface area contributed by atoms with Gasteiger partial charge in [0.25, 0.3) is 5.91 Å². The number of amides is 1. The number of hydrogen-bond donors (Lipinski definition) is 3. The monoisotopic (exact) mass is 490 g/mol. The fourth-order valence-electron chi connectivity index (χ4n) is 6.04. The van der Waals surface area contributed by atoms with E-state index in [2.05, 4.69) is 14.6 Å². The number of rotatable bonds is 5. The second-order valence-corrected chi connectivity index (χ2v) is 10.3. The molecule has 3 aliphatic rings. The van der Waals surface area contributed by atoms with Gasteiger partial charge in [0, 0.05) is 53.9 Å². The summed E-state index contributed by atoms with van der Waals surface area (Å²) in [5.41, 5.74) is -0.646. The number of anilines is 1. The normalized spacial score (nSPS) is 29.6. The summed E-state index contributed by atoms with van der Waals surface area (Å²) in [6.45, 7) is -0.248. The molecule has 34 heavy (non-hydrogen) atoms. The Morgan fingerprint density at radius 3 is 2.65 bits per heavy atom. The molecule has 7 nitrogen and oxygen atoms in total. The summed E-state index contributed by atoms with van der Waals surface area (Å²) in [7, 11) is 1.71. The van der Waals surface area contributed by atoms with Gasteiger partial charge in [0.2, 0.25) is 0 Å². The molecule has 4 unspecified atom stereocenters. The fraction of sp³-hybridized carbons (Fsp3) is 0.391. The van der Waals surface area contributed by atoms with Gasteiger partial charge in [-0.05, 0) is 43.3 Å². The molecule has 1 aliphatic heterocycles. The lowest BCUT2D eigenvalue weighted by Crippen LogP contribution is -2.90. The number of hydrogen-bond acceptors (Lipinski definition) is 6. The minimum atomic E-state index is -1.60. The topological polar surface area (TPSA) is 90.6 Å². The molecule has 6 rings (SSSR count). The molecule has 1 aromatic carbocycles. The predicted molar refractivity (Wildman–Crippen MR) is 119 cm³/mol. The molecule has 1 amide bonds. The minimum Gasteiger partial charge on any atom is -0.393 e. The SMILES string of the molecule is Cn1c(C(=O)Nc2cc(F)c(F)c(F)c2)c2cccnc2c1SN1C2CCC23C1CC3(O)CO. The number of fused-ring (bicyclic) bond motifs is 1. The van der Waals surface area contributed by atoms with E-state index in [4.69, 9.17) is 0 Å². The van der Waals surface area contributed by atoms with Gasteiger partial charge in [0.1, 0.15) is 16.2 Å². The highest BCUT2D eigenvalue weighted by Gasteiger charge is 2.81. The van der Waals surface area contributed by atoms with E-state index in [-0.39, 0.29) is 35.5 Å². The van der Waals surface area contributed by atoms with Crippen molar-refractivity contribution in [3.63, 3.8) is 0 Å². The average Bonchev–Trinajstić information content (AvgIpc) is 3.05. The summed E-state index contributed by atoms with van der Waals surface area (Å²) in [5, 5.41) is 24.2. The number of benzene rings is 1. The standard InChI is InChI=1S/C23H21F3N4O3S/c1-29-19(20(32)28-11-7-13(24)17(26)14(25)8-11)12-3-2-6-27-18(12)21(29)34-30-15-4-5-23(15)16(30)9-22(23,33)10-31/h2-3,6-8,15-16,31,33H,4-5,9-10H2,1H3,(H,28,32). The molecule has 11 heteroatoms. The van der Waals surface area contributed by atoms with Crippen molar-refractivity contribution in [1.82, 2.24) is 13.9 Å². The number of nitrogens with zero attached hydrogens (tertiary/aromatic N) is 3. The lowest BCUT2D eigenvalue weighted by atomic mass is 9.37. The number of aliphatic hydroxyl groups excluding tert-OH is 1. The van der Waals surface area contributed by atoms with Crippen molar-refractivity contribution in [2.24, 2.45) is 12.5 Å². The molecular formula is C23H21F3N4O3S. The van der Waals surface area contributed by atoms with E-state index in [9.17, 15) is 28.2 Å². The summed E-state index contributed by atoms with van der Waals surface area (Å²) in [4.78, 5) is 17.6. The van der Waals surface area contributed by atoms with Crippen LogP contribution in [-0.4, -0.2) is 54.3 Å². The van der Waals surface area contributed by atoms with E-state index in [0.717, 1.165) is 30.0 Å². The molecule has 2 aliphatic carbocycles. The number of nitrogens with one attached hydrogen (secondary N) is 1. The van der Waals surface area contributed by atoms with Gasteiger partial charge >= 0.3 is 0 Å². The fourth-order valence-corrected chi connectivity index (χ4v) is 7.51. The van der Waals surface area contributed by atoms with Crippen molar-refractivity contribution in [2.75, 3.05) is 11.9 Å². The highest BCUT2D eigenvalue weighted by Crippen LogP contribution is 2.74. The average molecular weight is 491 g/mol. The Morgan fingerprint density at radius 1 is 1.29 bits per heavy atom. The van der Waals surface area contributed by atoms with Crippen LogP contribution in [0, 0.1) is 22.9 Å². The van der Waals surface area contributed by atoms with Gasteiger partial charge in [-0.2, -0.15) is 0 Å². The number of aliphatic hydroxyl groups is 2. The summed E-state index contributed by atoms with van der Waals surface area (Å²) in [6, 6.07) is 5.15. The van der Waals surface area contributed by atoms with Crippen molar-refractivity contribution in [2.45, 2.75) is 42.0 Å². The summed E-state index contributed by atoms with van der Waals surface area (Å²) < 4.78 is 44.4. The van der Waals surface area contributed by atoms with Gasteiger partial charge < -0.3 is 20.1 Å². The number of halogens is 3. The van der Waals surface area contributed by atoms with E-state index in [0.29, 0.717) is 17.3 Å². The molecule has 178 valence electrons. The zero-order chi connectivity index (χ0) is 24.0. The quantitative estimate of drug-likeness (QED) is 0.376. The molecular weight excluding hydrogens is 469 g/mol. The van der Waals surface area contributed by atoms with Crippen LogP contribution in [0.25, 0.3) is 10.9 Å². The Balaban J connectivity index is 1.32. The van der Waals surface area contributed by atoms with Crippen LogP contribution in [0.5, 0.6) is 0 Å². The molecule has 2 saturated carbocycles. The van der Waals surface area contributed by atoms with Crippen LogP contribution in [-0.2, 0) is 7.05 Å². The Labute approximate surface area is 196 Å². The molecule has 3 N–H and O–H groups in total. The Bertz CT molecular complexity index is 1340. The molecule has 1 spiro atoms. The van der Waals surface area contributed by atoms with Crippen LogP contribution in [0.15, 0.2) is 35.5 Å². The first kappa shape index (κ1) is 21.9. The molecule has 1 saturated heterocycles. The molecule has 4 atom stereocenters. The van der Waals surface area contributed by atoms with E-state index >= 15 is 0 Å². The zero-order valence-corrected chi connectivity index (χ0v) is 18.9. The van der Waals surface area contributed by atoms with Crippen molar-refractivity contribution >= 4 is 34.4 Å². The Morgan fingerprint density at radius 2 is 2.03 bits per heavy atom. The van der Waals surface area contributed by atoms with Gasteiger partial charge in [-0.1, -0.05) is 0 Å². The Hall–Kier alpha value is -2.60. The second-order valence-electron chi connectivity index (χ2n) is 9.28. The van der Waals surface area contributed by atoms with E-state index in [1.807, 2.05) is 0 Å². The van der Waals surface area contributed by atoms with Crippen LogP contribution in [0.4, 0.5) is 18.9 Å². The summed E-state index contributed by atoms with van der Waals surface area (Å²) in [5.74, 6) is -5.00. The van der Waals surface area contributed by atoms with Crippen molar-refractivity contribution in [3.8, 4) is 0 Å². The van der Waals surface area contributed by atoms with Gasteiger partial charge in [-0.25, -0.2) is 17.5 Å². The molecule has 0 bridgehead atoms. The number of pyridine rings is 1. The van der Waals surface area contributed by atoms with Crippen molar-refractivity contribution in [1.29, 1.82) is 0 Å². The van der Waals surface area contributed by atoms with Crippen LogP contribution in [0.1, 0.15) is 29.8 Å². The third kappa shape index (κ3) is 2.61. The van der Waals surface area contributed by atoms with Gasteiger partial charge in [0.05, 0.1) is 12.2 Å². The second kappa shape index (κ2) is 7.20. The Kier molecular flexibility index (Phi) is 4.64. The largest absolute Gasteiger partial charge is 0.393 e. The molecule has 0 radical (unpaired) electrons. The molecule has 3 fully saturated rings. The predicted octanol–water partition coefficient (Wildman–Crippen LogP) is 3.21. The lowest BCUT2D eigenvalue weighted by Gasteiger charge is -2.81. The summed E-state index contributed by atoms with van der Waals surface area (Å²) >= 11 is 1.46. The third-order valence-corrected chi connectivity index (χ3v) is 9.21. The number of aromatic nitrogens is 2. The molecule has 2 aromatic heterocycles. The van der Waals surface area contributed by atoms with Crippen molar-refractivity contribution < 1.29 is 28.2 Å². The van der Waals surface area contributed by atoms with Crippen LogP contribution < -0.4 is 5.32 Å². The maximum atomic E-state index is 13.6. The van der Waals surface area contributed by atoms with Crippen LogP contribution in [0.3, 0.4) is 0 Å². The first-order valence-corrected chi connectivity index (χ1v) is 11.7. The number of carbonyl (C=O) groups is 1. The molecule has 3 heterocycles. The summed E-state index contributed by atoms with van der Waals surface area (Å²) in [6.07, 6.45) is 3.89. The van der Waals surface area contributed by atoms with Crippen molar-refractivity contribution in [3.05, 3.63) is 53.6 Å². The maximum Gasteiger partial charge on any atom is 0.273 e. The number of carbonyl (C=O) groups excluding carboxylic acids is 1. The van der Waals surface area contributed by atoms with Crippen LogP contribution in [0.2, 0.25) is 0 Å². The van der Waals surface area contributed by atoms with Gasteiger partial charge in [-0.3, -0.25) is 9.78 Å². The first-order valence-electron chi connectivity index (χ1n) is 10.9.